The summed E-state index contributed by atoms with van der Waals surface area (Å²) in [4.78, 5) is 0. The topological polar surface area (TPSA) is 20.2 Å². The summed E-state index contributed by atoms with van der Waals surface area (Å²) < 4.78 is -1.69. The molecule has 0 aliphatic rings. The lowest BCUT2D eigenvalue weighted by atomic mass is 10.2. The maximum Gasteiger partial charge on any atom is 0.220 e. The molecular formula is C6H7Cl3O. The minimum atomic E-state index is -1.69. The number of alkyl halides is 3. The summed E-state index contributed by atoms with van der Waals surface area (Å²) in [6, 6.07) is 0. The molecule has 0 aliphatic carbocycles. The zero-order valence-electron chi connectivity index (χ0n) is 5.37. The van der Waals surface area contributed by atoms with Crippen LogP contribution >= 0.6 is 34.8 Å². The fourth-order valence-corrected chi connectivity index (χ4v) is 0.833. The van der Waals surface area contributed by atoms with Crippen LogP contribution in [0.5, 0.6) is 0 Å². The van der Waals surface area contributed by atoms with Crippen LogP contribution in [0.25, 0.3) is 0 Å². The number of aliphatic hydroxyl groups excluding tert-OH is 1. The van der Waals surface area contributed by atoms with Crippen molar-refractivity contribution in [3.8, 4) is 0 Å². The average molecular weight is 201 g/mol. The smallest absolute Gasteiger partial charge is 0.220 e. The van der Waals surface area contributed by atoms with Crippen LogP contribution in [0.4, 0.5) is 0 Å². The number of aliphatic hydroxyl groups is 1. The van der Waals surface area contributed by atoms with E-state index in [1.807, 2.05) is 0 Å². The van der Waals surface area contributed by atoms with Gasteiger partial charge in [-0.2, -0.15) is 0 Å². The Balaban J connectivity index is 4.37. The van der Waals surface area contributed by atoms with Crippen LogP contribution < -0.4 is 0 Å². The van der Waals surface area contributed by atoms with Crippen LogP contribution in [0.1, 0.15) is 6.92 Å². The molecule has 0 spiro atoms. The van der Waals surface area contributed by atoms with E-state index in [1.165, 1.54) is 0 Å². The van der Waals surface area contributed by atoms with Gasteiger partial charge in [-0.15, -0.1) is 5.73 Å². The van der Waals surface area contributed by atoms with Gasteiger partial charge in [0, 0.05) is 5.57 Å². The molecule has 0 amide bonds. The molecule has 10 heavy (non-hydrogen) atoms. The Hall–Kier alpha value is 0.350. The summed E-state index contributed by atoms with van der Waals surface area (Å²) in [5.74, 6) is 0. The van der Waals surface area contributed by atoms with Crippen LogP contribution in [0.15, 0.2) is 17.9 Å². The van der Waals surface area contributed by atoms with E-state index >= 15 is 0 Å². The van der Waals surface area contributed by atoms with Gasteiger partial charge < -0.3 is 5.11 Å². The second-order valence-electron chi connectivity index (χ2n) is 1.80. The Bertz CT molecular complexity index is 164. The van der Waals surface area contributed by atoms with Gasteiger partial charge in [0.05, 0.1) is 0 Å². The van der Waals surface area contributed by atoms with Crippen LogP contribution in [0.3, 0.4) is 0 Å². The van der Waals surface area contributed by atoms with E-state index in [-0.39, 0.29) is 0 Å². The van der Waals surface area contributed by atoms with Gasteiger partial charge in [0.2, 0.25) is 3.79 Å². The van der Waals surface area contributed by atoms with E-state index in [1.54, 1.807) is 6.92 Å². The third-order valence-corrected chi connectivity index (χ3v) is 1.62. The molecule has 0 fully saturated rings. The molecule has 0 aromatic rings. The summed E-state index contributed by atoms with van der Waals surface area (Å²) >= 11 is 16.0. The van der Waals surface area contributed by atoms with Crippen molar-refractivity contribution in [1.29, 1.82) is 0 Å². The van der Waals surface area contributed by atoms with E-state index in [2.05, 4.69) is 12.3 Å². The van der Waals surface area contributed by atoms with Gasteiger partial charge in [-0.05, 0) is 6.92 Å². The van der Waals surface area contributed by atoms with Crippen LogP contribution in [-0.4, -0.2) is 15.0 Å². The normalized spacial score (nSPS) is 14.1. The van der Waals surface area contributed by atoms with Crippen molar-refractivity contribution in [3.63, 3.8) is 0 Å². The summed E-state index contributed by atoms with van der Waals surface area (Å²) in [5.41, 5.74) is 2.85. The van der Waals surface area contributed by atoms with Crippen LogP contribution in [-0.2, 0) is 0 Å². The van der Waals surface area contributed by atoms with Crippen molar-refractivity contribution in [2.24, 2.45) is 0 Å². The Labute approximate surface area is 74.9 Å². The van der Waals surface area contributed by atoms with Gasteiger partial charge in [-0.3, -0.25) is 0 Å². The first-order chi connectivity index (χ1) is 4.39. The quantitative estimate of drug-likeness (QED) is 0.510. The average Bonchev–Trinajstić information content (AvgIpc) is 1.83. The lowest BCUT2D eigenvalue weighted by Gasteiger charge is -2.17. The molecule has 0 heterocycles. The van der Waals surface area contributed by atoms with Gasteiger partial charge in [-0.25, -0.2) is 0 Å². The molecular weight excluding hydrogens is 194 g/mol. The highest BCUT2D eigenvalue weighted by Gasteiger charge is 2.31. The second-order valence-corrected chi connectivity index (χ2v) is 4.17. The van der Waals surface area contributed by atoms with E-state index in [4.69, 9.17) is 39.9 Å². The van der Waals surface area contributed by atoms with Gasteiger partial charge >= 0.3 is 0 Å². The zero-order chi connectivity index (χ0) is 8.36. The monoisotopic (exact) mass is 200 g/mol. The van der Waals surface area contributed by atoms with Gasteiger partial charge in [-0.1, -0.05) is 41.4 Å². The van der Waals surface area contributed by atoms with E-state index in [0.29, 0.717) is 5.57 Å². The maximum absolute atomic E-state index is 9.12. The van der Waals surface area contributed by atoms with Crippen LogP contribution in [0.2, 0.25) is 0 Å². The number of rotatable bonds is 1. The number of hydrogen-bond acceptors (Lipinski definition) is 1. The molecule has 1 atom stereocenters. The molecule has 1 unspecified atom stereocenters. The van der Waals surface area contributed by atoms with E-state index in [9.17, 15) is 0 Å². The molecule has 0 saturated heterocycles. The fraction of sp³-hybridized carbons (Fsp3) is 0.500. The minimum absolute atomic E-state index is 0.417. The van der Waals surface area contributed by atoms with Crippen molar-refractivity contribution in [3.05, 3.63) is 17.9 Å². The fourth-order valence-electron chi connectivity index (χ4n) is 0.342. The minimum Gasteiger partial charge on any atom is -0.384 e. The molecule has 0 bridgehead atoms. The first-order valence-corrected chi connectivity index (χ1v) is 3.64. The van der Waals surface area contributed by atoms with E-state index < -0.39 is 9.90 Å². The third kappa shape index (κ3) is 2.96. The first-order valence-electron chi connectivity index (χ1n) is 2.51. The SMILES string of the molecule is C=C=C(C)C(O)C(Cl)(Cl)Cl. The lowest BCUT2D eigenvalue weighted by molar-refractivity contribution is 0.215. The van der Waals surface area contributed by atoms with Crippen molar-refractivity contribution in [2.75, 3.05) is 0 Å². The second kappa shape index (κ2) is 3.66. The van der Waals surface area contributed by atoms with Crippen molar-refractivity contribution < 1.29 is 5.11 Å². The largest absolute Gasteiger partial charge is 0.384 e. The van der Waals surface area contributed by atoms with Gasteiger partial charge in [0.15, 0.2) is 0 Å². The Morgan fingerprint density at radius 2 is 2.00 bits per heavy atom. The number of halogens is 3. The highest BCUT2D eigenvalue weighted by molar-refractivity contribution is 6.68. The molecule has 0 aromatic heterocycles. The Kier molecular flexibility index (Phi) is 3.79. The first kappa shape index (κ1) is 10.3. The molecule has 1 N–H and O–H groups in total. The third-order valence-electron chi connectivity index (χ3n) is 0.999. The summed E-state index contributed by atoms with van der Waals surface area (Å²) in [5, 5.41) is 9.12. The summed E-state index contributed by atoms with van der Waals surface area (Å²) in [6.45, 7) is 4.88. The van der Waals surface area contributed by atoms with Crippen molar-refractivity contribution in [2.45, 2.75) is 16.8 Å². The molecule has 0 saturated carbocycles. The molecule has 4 heteroatoms. The standard InChI is InChI=1S/C6H7Cl3O/c1-3-4(2)5(10)6(7,8)9/h5,10H,1H2,2H3. The number of hydrogen-bond donors (Lipinski definition) is 1. The lowest BCUT2D eigenvalue weighted by Crippen LogP contribution is -2.25. The van der Waals surface area contributed by atoms with E-state index in [0.717, 1.165) is 0 Å². The molecule has 1 nitrogen and oxygen atoms in total. The summed E-state index contributed by atoms with van der Waals surface area (Å²) in [7, 11) is 0. The predicted octanol–water partition coefficient (Wildman–Crippen LogP) is 2.45. The molecule has 0 aromatic carbocycles. The summed E-state index contributed by atoms with van der Waals surface area (Å²) in [6.07, 6.45) is -1.13. The van der Waals surface area contributed by atoms with Crippen LogP contribution in [0, 0.1) is 0 Å². The Morgan fingerprint density at radius 3 is 2.10 bits per heavy atom. The van der Waals surface area contributed by atoms with Gasteiger partial charge in [0.25, 0.3) is 0 Å². The molecule has 0 radical (unpaired) electrons. The zero-order valence-corrected chi connectivity index (χ0v) is 7.63. The highest BCUT2D eigenvalue weighted by atomic mass is 35.6. The Morgan fingerprint density at radius 1 is 1.60 bits per heavy atom. The molecule has 0 rings (SSSR count). The molecule has 58 valence electrons. The van der Waals surface area contributed by atoms with Crippen molar-refractivity contribution >= 4 is 34.8 Å². The maximum atomic E-state index is 9.12. The molecule has 0 aliphatic heterocycles. The highest BCUT2D eigenvalue weighted by Crippen LogP contribution is 2.33. The predicted molar refractivity (Wildman–Crippen MR) is 44.6 cm³/mol. The van der Waals surface area contributed by atoms with Gasteiger partial charge in [0.1, 0.15) is 6.10 Å². The van der Waals surface area contributed by atoms with Crippen molar-refractivity contribution in [1.82, 2.24) is 0 Å².